The summed E-state index contributed by atoms with van der Waals surface area (Å²) in [5, 5.41) is 29.9. The fourth-order valence-electron chi connectivity index (χ4n) is 1.09. The van der Waals surface area contributed by atoms with Crippen molar-refractivity contribution in [2.24, 2.45) is 0 Å². The molecule has 0 aliphatic carbocycles. The molecule has 84 valence electrons. The van der Waals surface area contributed by atoms with E-state index in [9.17, 15) is 25.0 Å². The summed E-state index contributed by atoms with van der Waals surface area (Å²) in [5.74, 6) is -1.61. The van der Waals surface area contributed by atoms with Crippen LogP contribution in [0.5, 0.6) is 0 Å². The lowest BCUT2D eigenvalue weighted by Crippen LogP contribution is -2.06. The minimum Gasteiger partial charge on any atom is -0.477 e. The maximum absolute atomic E-state index is 10.8. The van der Waals surface area contributed by atoms with Gasteiger partial charge in [-0.05, 0) is 22.0 Å². The number of carbonyl (C=O) groups is 1. The number of halogens is 1. The first-order valence-electron chi connectivity index (χ1n) is 3.70. The van der Waals surface area contributed by atoms with Crippen molar-refractivity contribution in [2.75, 3.05) is 0 Å². The quantitative estimate of drug-likeness (QED) is 0.670. The van der Waals surface area contributed by atoms with Crippen LogP contribution in [0.25, 0.3) is 0 Å². The van der Waals surface area contributed by atoms with Gasteiger partial charge in [-0.3, -0.25) is 20.2 Å². The number of carboxylic acids is 1. The van der Waals surface area contributed by atoms with E-state index in [1.807, 2.05) is 0 Å². The van der Waals surface area contributed by atoms with Crippen molar-refractivity contribution in [3.8, 4) is 0 Å². The van der Waals surface area contributed by atoms with E-state index in [1.165, 1.54) is 0 Å². The zero-order valence-electron chi connectivity index (χ0n) is 7.42. The summed E-state index contributed by atoms with van der Waals surface area (Å²) in [6.45, 7) is 0. The molecule has 0 saturated carbocycles. The molecule has 0 radical (unpaired) electrons. The van der Waals surface area contributed by atoms with Crippen LogP contribution in [0, 0.1) is 20.2 Å². The minimum absolute atomic E-state index is 0.0858. The highest BCUT2D eigenvalue weighted by Crippen LogP contribution is 2.35. The van der Waals surface area contributed by atoms with Gasteiger partial charge in [-0.25, -0.2) is 4.79 Å². The second kappa shape index (κ2) is 4.23. The summed E-state index contributed by atoms with van der Waals surface area (Å²) in [6, 6.07) is 1.95. The highest BCUT2D eigenvalue weighted by Gasteiger charge is 2.33. The Hall–Kier alpha value is -2.03. The average molecular weight is 291 g/mol. The molecule has 0 spiro atoms. The molecule has 9 heteroatoms. The van der Waals surface area contributed by atoms with E-state index in [4.69, 9.17) is 5.11 Å². The van der Waals surface area contributed by atoms with E-state index in [-0.39, 0.29) is 4.47 Å². The molecule has 1 rings (SSSR count). The molecule has 1 aromatic rings. The SMILES string of the molecule is O=C(O)c1c(Br)ccc([N+](=O)[O-])c1[N+](=O)[O-]. The Balaban J connectivity index is 3.70. The third-order valence-corrected chi connectivity index (χ3v) is 2.36. The topological polar surface area (TPSA) is 124 Å². The van der Waals surface area contributed by atoms with E-state index in [1.54, 1.807) is 0 Å². The van der Waals surface area contributed by atoms with Crippen molar-refractivity contribution in [2.45, 2.75) is 0 Å². The van der Waals surface area contributed by atoms with E-state index in [0.717, 1.165) is 12.1 Å². The van der Waals surface area contributed by atoms with E-state index in [2.05, 4.69) is 15.9 Å². The van der Waals surface area contributed by atoms with Gasteiger partial charge in [0.25, 0.3) is 0 Å². The summed E-state index contributed by atoms with van der Waals surface area (Å²) in [5.41, 5.74) is -2.63. The normalized spacial score (nSPS) is 9.81. The van der Waals surface area contributed by atoms with Gasteiger partial charge in [0.2, 0.25) is 0 Å². The number of benzene rings is 1. The molecule has 0 aromatic heterocycles. The monoisotopic (exact) mass is 290 g/mol. The number of nitro groups is 2. The van der Waals surface area contributed by atoms with Gasteiger partial charge in [0.15, 0.2) is 5.56 Å². The molecule has 0 aliphatic rings. The second-order valence-electron chi connectivity index (χ2n) is 2.61. The predicted octanol–water partition coefficient (Wildman–Crippen LogP) is 1.96. The standard InChI is InChI=1S/C7H3BrN2O6/c8-3-1-2-4(9(13)14)6(10(15)16)5(3)7(11)12/h1-2H,(H,11,12). The third kappa shape index (κ3) is 1.98. The molecule has 1 N–H and O–H groups in total. The maximum Gasteiger partial charge on any atom is 0.361 e. The van der Waals surface area contributed by atoms with Gasteiger partial charge in [0.05, 0.1) is 9.85 Å². The molecular formula is C7H3BrN2O6. The van der Waals surface area contributed by atoms with E-state index < -0.39 is 32.8 Å². The Bertz CT molecular complexity index is 500. The smallest absolute Gasteiger partial charge is 0.361 e. The number of aromatic carboxylic acids is 1. The van der Waals surface area contributed by atoms with Gasteiger partial charge in [-0.1, -0.05) is 0 Å². The lowest BCUT2D eigenvalue weighted by atomic mass is 10.1. The summed E-state index contributed by atoms with van der Waals surface area (Å²) >= 11 is 2.79. The Morgan fingerprint density at radius 2 is 1.81 bits per heavy atom. The molecule has 0 atom stereocenters. The van der Waals surface area contributed by atoms with Crippen molar-refractivity contribution in [3.05, 3.63) is 42.4 Å². The van der Waals surface area contributed by atoms with Crippen molar-refractivity contribution in [1.82, 2.24) is 0 Å². The van der Waals surface area contributed by atoms with Crippen LogP contribution in [-0.2, 0) is 0 Å². The molecule has 16 heavy (non-hydrogen) atoms. The first-order valence-corrected chi connectivity index (χ1v) is 4.50. The van der Waals surface area contributed by atoms with Crippen LogP contribution in [0.15, 0.2) is 16.6 Å². The van der Waals surface area contributed by atoms with Crippen molar-refractivity contribution in [3.63, 3.8) is 0 Å². The van der Waals surface area contributed by atoms with Crippen molar-refractivity contribution < 1.29 is 19.7 Å². The Labute approximate surface area is 95.9 Å². The largest absolute Gasteiger partial charge is 0.477 e. The third-order valence-electron chi connectivity index (χ3n) is 1.70. The van der Waals surface area contributed by atoms with Crippen LogP contribution in [0.3, 0.4) is 0 Å². The van der Waals surface area contributed by atoms with Gasteiger partial charge in [-0.2, -0.15) is 0 Å². The van der Waals surface area contributed by atoms with E-state index >= 15 is 0 Å². The van der Waals surface area contributed by atoms with Crippen molar-refractivity contribution >= 4 is 33.3 Å². The number of hydrogen-bond donors (Lipinski definition) is 1. The minimum atomic E-state index is -1.61. The molecule has 0 unspecified atom stereocenters. The molecular weight excluding hydrogens is 288 g/mol. The van der Waals surface area contributed by atoms with Gasteiger partial charge in [0.1, 0.15) is 0 Å². The summed E-state index contributed by atoms with van der Waals surface area (Å²) in [4.78, 5) is 29.8. The van der Waals surface area contributed by atoms with Crippen LogP contribution in [0.4, 0.5) is 11.4 Å². The summed E-state index contributed by atoms with van der Waals surface area (Å²) < 4.78 is -0.0858. The molecule has 1 aromatic carbocycles. The average Bonchev–Trinajstić information content (AvgIpc) is 2.15. The lowest BCUT2D eigenvalue weighted by Gasteiger charge is -2.01. The molecule has 0 fully saturated rings. The first kappa shape index (κ1) is 12.0. The van der Waals surface area contributed by atoms with Crippen LogP contribution >= 0.6 is 15.9 Å². The molecule has 8 nitrogen and oxygen atoms in total. The Morgan fingerprint density at radius 3 is 2.19 bits per heavy atom. The second-order valence-corrected chi connectivity index (χ2v) is 3.46. The predicted molar refractivity (Wildman–Crippen MR) is 54.4 cm³/mol. The summed E-state index contributed by atoms with van der Waals surface area (Å²) in [7, 11) is 0. The number of nitrogens with zero attached hydrogens (tertiary/aromatic N) is 2. The Kier molecular flexibility index (Phi) is 3.18. The molecule has 0 aliphatic heterocycles. The zero-order chi connectivity index (χ0) is 12.5. The first-order chi connectivity index (χ1) is 7.36. The van der Waals surface area contributed by atoms with Gasteiger partial charge < -0.3 is 5.11 Å². The number of hydrogen-bond acceptors (Lipinski definition) is 5. The van der Waals surface area contributed by atoms with Crippen LogP contribution in [-0.4, -0.2) is 20.9 Å². The molecule has 0 bridgehead atoms. The lowest BCUT2D eigenvalue weighted by molar-refractivity contribution is -0.422. The number of rotatable bonds is 3. The highest BCUT2D eigenvalue weighted by atomic mass is 79.9. The summed E-state index contributed by atoms with van der Waals surface area (Å²) in [6.07, 6.45) is 0. The van der Waals surface area contributed by atoms with Crippen molar-refractivity contribution in [1.29, 1.82) is 0 Å². The molecule has 0 amide bonds. The van der Waals surface area contributed by atoms with Crippen LogP contribution in [0.2, 0.25) is 0 Å². The van der Waals surface area contributed by atoms with E-state index in [0.29, 0.717) is 0 Å². The maximum atomic E-state index is 10.8. The van der Waals surface area contributed by atoms with Gasteiger partial charge >= 0.3 is 17.3 Å². The zero-order valence-corrected chi connectivity index (χ0v) is 9.00. The fraction of sp³-hybridized carbons (Fsp3) is 0. The molecule has 0 heterocycles. The Morgan fingerprint density at radius 1 is 1.25 bits per heavy atom. The van der Waals surface area contributed by atoms with Crippen LogP contribution < -0.4 is 0 Å². The number of nitro benzene ring substituents is 2. The molecule has 0 saturated heterocycles. The number of carboxylic acid groups (broad SMARTS) is 1. The highest BCUT2D eigenvalue weighted by molar-refractivity contribution is 9.10. The van der Waals surface area contributed by atoms with Gasteiger partial charge in [-0.15, -0.1) is 0 Å². The van der Waals surface area contributed by atoms with Crippen LogP contribution in [0.1, 0.15) is 10.4 Å². The van der Waals surface area contributed by atoms with Gasteiger partial charge in [0, 0.05) is 10.5 Å². The fourth-order valence-corrected chi connectivity index (χ4v) is 1.58.